The van der Waals surface area contributed by atoms with Gasteiger partial charge in [0.15, 0.2) is 4.80 Å². The Hall–Kier alpha value is -3.70. The normalized spacial score (nSPS) is 14.8. The molecule has 1 aromatic heterocycles. The smallest absolute Gasteiger partial charge is 0.215 e. The lowest BCUT2D eigenvalue weighted by Gasteiger charge is -2.05. The van der Waals surface area contributed by atoms with Gasteiger partial charge in [0.05, 0.1) is 21.9 Å². The number of aromatic hydroxyl groups is 1. The van der Waals surface area contributed by atoms with Crippen molar-refractivity contribution in [1.82, 2.24) is 4.57 Å². The van der Waals surface area contributed by atoms with Crippen LogP contribution in [-0.2, 0) is 0 Å². The largest absolute Gasteiger partial charge is 0.493 e. The summed E-state index contributed by atoms with van der Waals surface area (Å²) in [5, 5.41) is 11.2. The average molecular weight is 410 g/mol. The van der Waals surface area contributed by atoms with E-state index in [9.17, 15) is 5.11 Å². The van der Waals surface area contributed by atoms with E-state index in [1.807, 2.05) is 91.9 Å². The fraction of sp³-hybridized carbons (Fsp3) is 0.0400. The zero-order valence-electron chi connectivity index (χ0n) is 16.4. The van der Waals surface area contributed by atoms with E-state index in [0.29, 0.717) is 4.80 Å². The molecule has 1 aliphatic heterocycles. The summed E-state index contributed by atoms with van der Waals surface area (Å²) in [6, 6.07) is 27.6. The first-order valence-electron chi connectivity index (χ1n) is 9.67. The van der Waals surface area contributed by atoms with E-state index in [2.05, 4.69) is 11.1 Å². The molecule has 0 aliphatic carbocycles. The van der Waals surface area contributed by atoms with Crippen molar-refractivity contribution in [2.24, 2.45) is 9.98 Å². The van der Waals surface area contributed by atoms with Crippen LogP contribution in [0, 0.1) is 0 Å². The molecule has 4 aromatic rings. The van der Waals surface area contributed by atoms with Gasteiger partial charge in [-0.2, -0.15) is 0 Å². The quantitative estimate of drug-likeness (QED) is 0.435. The molecule has 5 heteroatoms. The average Bonchev–Trinajstić information content (AvgIpc) is 3.26. The summed E-state index contributed by atoms with van der Waals surface area (Å²) >= 11 is 1.45. The third kappa shape index (κ3) is 3.29. The van der Waals surface area contributed by atoms with Gasteiger partial charge in [-0.05, 0) is 43.3 Å². The highest BCUT2D eigenvalue weighted by Crippen LogP contribution is 2.37. The Morgan fingerprint density at radius 1 is 0.900 bits per heavy atom. The predicted molar refractivity (Wildman–Crippen MR) is 124 cm³/mol. The number of aliphatic imine (C=N–C) groups is 1. The van der Waals surface area contributed by atoms with Gasteiger partial charge in [-0.15, -0.1) is 0 Å². The Labute approximate surface area is 178 Å². The number of aromatic nitrogens is 1. The van der Waals surface area contributed by atoms with Gasteiger partial charge in [0, 0.05) is 16.8 Å². The summed E-state index contributed by atoms with van der Waals surface area (Å²) in [6.45, 7) is 2.00. The second-order valence-corrected chi connectivity index (χ2v) is 7.97. The van der Waals surface area contributed by atoms with Crippen LogP contribution >= 0.6 is 11.3 Å². The van der Waals surface area contributed by atoms with E-state index < -0.39 is 0 Å². The molecule has 1 aliphatic rings. The van der Waals surface area contributed by atoms with Gasteiger partial charge < -0.3 is 5.11 Å². The lowest BCUT2D eigenvalue weighted by atomic mass is 10.0. The zero-order valence-corrected chi connectivity index (χ0v) is 17.2. The maximum Gasteiger partial charge on any atom is 0.215 e. The van der Waals surface area contributed by atoms with E-state index in [-0.39, 0.29) is 5.88 Å². The highest BCUT2D eigenvalue weighted by atomic mass is 32.1. The molecule has 1 N–H and O–H groups in total. The lowest BCUT2D eigenvalue weighted by molar-refractivity contribution is 0.439. The van der Waals surface area contributed by atoms with E-state index in [1.165, 1.54) is 11.3 Å². The van der Waals surface area contributed by atoms with Crippen molar-refractivity contribution >= 4 is 40.1 Å². The standard InChI is InChI=1S/C25H19N3OS/c1-17-21(20-14-8-9-15-22(20)26-17)16-23-24(29)28(19-12-6-3-7-13-19)25(30-23)27-18-10-4-2-5-11-18/h2-16,29H,1H3/b21-16+,27-25?. The van der Waals surface area contributed by atoms with Crippen molar-refractivity contribution in [2.45, 2.75) is 6.92 Å². The molecule has 0 atom stereocenters. The van der Waals surface area contributed by atoms with Crippen molar-refractivity contribution in [2.75, 3.05) is 0 Å². The molecule has 0 saturated carbocycles. The van der Waals surface area contributed by atoms with Gasteiger partial charge >= 0.3 is 0 Å². The molecule has 0 unspecified atom stereocenters. The third-order valence-corrected chi connectivity index (χ3v) is 5.94. The second-order valence-electron chi connectivity index (χ2n) is 6.96. The Morgan fingerprint density at radius 3 is 2.33 bits per heavy atom. The molecule has 5 rings (SSSR count). The third-order valence-electron chi connectivity index (χ3n) is 4.97. The Kier molecular flexibility index (Phi) is 4.65. The summed E-state index contributed by atoms with van der Waals surface area (Å²) in [5.41, 5.74) is 5.71. The monoisotopic (exact) mass is 409 g/mol. The molecule has 0 amide bonds. The molecular weight excluding hydrogens is 390 g/mol. The second kappa shape index (κ2) is 7.61. The number of benzene rings is 3. The molecule has 3 aromatic carbocycles. The van der Waals surface area contributed by atoms with E-state index >= 15 is 0 Å². The van der Waals surface area contributed by atoms with Crippen molar-refractivity contribution in [3.05, 3.63) is 100 Å². The van der Waals surface area contributed by atoms with Crippen LogP contribution in [0.2, 0.25) is 0 Å². The number of thiazole rings is 1. The number of para-hydroxylation sites is 3. The molecule has 4 nitrogen and oxygen atoms in total. The van der Waals surface area contributed by atoms with Crippen LogP contribution in [-0.4, -0.2) is 15.4 Å². The minimum atomic E-state index is 0.172. The molecule has 30 heavy (non-hydrogen) atoms. The summed E-state index contributed by atoms with van der Waals surface area (Å²) in [5.74, 6) is 0.172. The molecule has 146 valence electrons. The minimum Gasteiger partial charge on any atom is -0.493 e. The van der Waals surface area contributed by atoms with E-state index in [4.69, 9.17) is 4.99 Å². The fourth-order valence-corrected chi connectivity index (χ4v) is 4.52. The number of allylic oxidation sites excluding steroid dienone is 1. The van der Waals surface area contributed by atoms with Gasteiger partial charge in [-0.1, -0.05) is 65.9 Å². The zero-order chi connectivity index (χ0) is 20.5. The van der Waals surface area contributed by atoms with Gasteiger partial charge in [-0.3, -0.25) is 9.56 Å². The van der Waals surface area contributed by atoms with E-state index in [0.717, 1.165) is 38.8 Å². The van der Waals surface area contributed by atoms with Crippen molar-refractivity contribution in [3.63, 3.8) is 0 Å². The number of hydrogen-bond donors (Lipinski definition) is 1. The van der Waals surface area contributed by atoms with Gasteiger partial charge in [0.25, 0.3) is 0 Å². The highest BCUT2D eigenvalue weighted by Gasteiger charge is 2.20. The number of hydrogen-bond acceptors (Lipinski definition) is 4. The van der Waals surface area contributed by atoms with Crippen molar-refractivity contribution < 1.29 is 5.11 Å². The summed E-state index contributed by atoms with van der Waals surface area (Å²) < 4.78 is 1.79. The minimum absolute atomic E-state index is 0.172. The van der Waals surface area contributed by atoms with Crippen LogP contribution in [0.1, 0.15) is 17.4 Å². The topological polar surface area (TPSA) is 49.9 Å². The van der Waals surface area contributed by atoms with E-state index in [1.54, 1.807) is 4.57 Å². The lowest BCUT2D eigenvalue weighted by Crippen LogP contribution is -2.11. The van der Waals surface area contributed by atoms with Crippen LogP contribution in [0.3, 0.4) is 0 Å². The van der Waals surface area contributed by atoms with Crippen LogP contribution in [0.4, 0.5) is 11.4 Å². The maximum absolute atomic E-state index is 11.2. The molecule has 0 radical (unpaired) electrons. The molecule has 2 heterocycles. The first-order valence-corrected chi connectivity index (χ1v) is 10.5. The first kappa shape index (κ1) is 18.3. The molecule has 0 saturated heterocycles. The number of fused-ring (bicyclic) bond motifs is 1. The van der Waals surface area contributed by atoms with Gasteiger partial charge in [0.1, 0.15) is 0 Å². The maximum atomic E-state index is 11.2. The summed E-state index contributed by atoms with van der Waals surface area (Å²) in [4.78, 5) is 10.9. The summed E-state index contributed by atoms with van der Waals surface area (Å²) in [6.07, 6.45) is 2.01. The highest BCUT2D eigenvalue weighted by molar-refractivity contribution is 7.10. The predicted octanol–water partition coefficient (Wildman–Crippen LogP) is 6.12. The molecule has 0 spiro atoms. The Balaban J connectivity index is 1.72. The molecule has 0 fully saturated rings. The summed E-state index contributed by atoms with van der Waals surface area (Å²) in [7, 11) is 0. The van der Waals surface area contributed by atoms with Gasteiger partial charge in [-0.25, -0.2) is 4.99 Å². The Morgan fingerprint density at radius 2 is 1.57 bits per heavy atom. The van der Waals surface area contributed by atoms with Crippen LogP contribution < -0.4 is 4.80 Å². The number of rotatable bonds is 3. The Bertz CT molecular complexity index is 1350. The van der Waals surface area contributed by atoms with Crippen molar-refractivity contribution in [3.8, 4) is 11.6 Å². The van der Waals surface area contributed by atoms with Crippen molar-refractivity contribution in [1.29, 1.82) is 0 Å². The molecule has 0 bridgehead atoms. The van der Waals surface area contributed by atoms with Crippen LogP contribution in [0.25, 0.3) is 17.3 Å². The fourth-order valence-electron chi connectivity index (χ4n) is 3.53. The van der Waals surface area contributed by atoms with Crippen LogP contribution in [0.5, 0.6) is 5.88 Å². The molecular formula is C25H19N3OS. The van der Waals surface area contributed by atoms with Gasteiger partial charge in [0.2, 0.25) is 5.88 Å². The first-order chi connectivity index (χ1) is 14.7. The SMILES string of the molecule is CC1=Nc2ccccc2/C1=C/c1sc(=Nc2ccccc2)n(-c2ccccc2)c1O. The van der Waals surface area contributed by atoms with Crippen LogP contribution in [0.15, 0.2) is 94.9 Å². The number of nitrogens with zero attached hydrogens (tertiary/aromatic N) is 3.